The van der Waals surface area contributed by atoms with Crippen molar-refractivity contribution in [2.45, 2.75) is 51.6 Å². The third kappa shape index (κ3) is 5.07. The first kappa shape index (κ1) is 21.5. The first-order chi connectivity index (χ1) is 13.8. The van der Waals surface area contributed by atoms with E-state index < -0.39 is 22.4 Å². The van der Waals surface area contributed by atoms with E-state index in [1.807, 2.05) is 18.7 Å². The van der Waals surface area contributed by atoms with Crippen LogP contribution in [0.15, 0.2) is 18.3 Å². The van der Waals surface area contributed by atoms with Crippen LogP contribution in [-0.2, 0) is 19.4 Å². The van der Waals surface area contributed by atoms with Gasteiger partial charge in [0.1, 0.15) is 11.4 Å². The summed E-state index contributed by atoms with van der Waals surface area (Å²) in [4.78, 5) is 33.5. The highest BCUT2D eigenvalue weighted by molar-refractivity contribution is 7.91. The average molecular weight is 424 g/mol. The van der Waals surface area contributed by atoms with Crippen molar-refractivity contribution in [3.05, 3.63) is 23.9 Å². The predicted molar refractivity (Wildman–Crippen MR) is 110 cm³/mol. The number of hydrogen-bond acceptors (Lipinski definition) is 7. The molecule has 160 valence electrons. The zero-order valence-electron chi connectivity index (χ0n) is 17.0. The Labute approximate surface area is 172 Å². The van der Waals surface area contributed by atoms with Crippen molar-refractivity contribution in [1.82, 2.24) is 9.88 Å². The van der Waals surface area contributed by atoms with Gasteiger partial charge in [0.05, 0.1) is 11.5 Å². The molecule has 0 unspecified atom stereocenters. The molecular formula is C20H29N3O5S. The maximum absolute atomic E-state index is 12.8. The van der Waals surface area contributed by atoms with E-state index in [0.717, 1.165) is 25.9 Å². The Morgan fingerprint density at radius 2 is 2.07 bits per heavy atom. The smallest absolute Gasteiger partial charge is 0.342 e. The molecule has 1 amide bonds. The van der Waals surface area contributed by atoms with Crippen LogP contribution in [0.2, 0.25) is 0 Å². The molecular weight excluding hydrogens is 394 g/mol. The van der Waals surface area contributed by atoms with Gasteiger partial charge in [0, 0.05) is 31.4 Å². The van der Waals surface area contributed by atoms with Crippen LogP contribution in [0.25, 0.3) is 0 Å². The van der Waals surface area contributed by atoms with E-state index in [1.54, 1.807) is 23.2 Å². The highest BCUT2D eigenvalue weighted by Crippen LogP contribution is 2.24. The molecule has 3 rings (SSSR count). The normalized spacial score (nSPS) is 21.7. The van der Waals surface area contributed by atoms with Crippen molar-refractivity contribution >= 4 is 27.5 Å². The zero-order valence-corrected chi connectivity index (χ0v) is 17.9. The molecule has 0 saturated carbocycles. The molecule has 2 saturated heterocycles. The summed E-state index contributed by atoms with van der Waals surface area (Å²) in [7, 11) is -3.12. The number of nitrogens with zero attached hydrogens (tertiary/aromatic N) is 3. The number of hydrogen-bond donors (Lipinski definition) is 0. The summed E-state index contributed by atoms with van der Waals surface area (Å²) < 4.78 is 29.0. The highest BCUT2D eigenvalue weighted by atomic mass is 32.2. The summed E-state index contributed by atoms with van der Waals surface area (Å²) in [5.41, 5.74) is 0.348. The van der Waals surface area contributed by atoms with E-state index in [-0.39, 0.29) is 29.5 Å². The molecule has 2 aliphatic heterocycles. The third-order valence-electron chi connectivity index (χ3n) is 5.69. The maximum atomic E-state index is 12.8. The first-order valence-electron chi connectivity index (χ1n) is 10.2. The highest BCUT2D eigenvalue weighted by Gasteiger charge is 2.37. The van der Waals surface area contributed by atoms with Gasteiger partial charge in [0.15, 0.2) is 16.4 Å². The van der Waals surface area contributed by atoms with Gasteiger partial charge in [-0.25, -0.2) is 18.2 Å². The molecule has 8 nitrogen and oxygen atoms in total. The maximum Gasteiger partial charge on any atom is 0.342 e. The summed E-state index contributed by atoms with van der Waals surface area (Å²) in [5, 5.41) is 0. The van der Waals surface area contributed by atoms with Gasteiger partial charge >= 0.3 is 5.97 Å². The van der Waals surface area contributed by atoms with E-state index >= 15 is 0 Å². The van der Waals surface area contributed by atoms with Crippen molar-refractivity contribution in [1.29, 1.82) is 0 Å². The molecule has 0 aliphatic carbocycles. The van der Waals surface area contributed by atoms with Crippen LogP contribution in [0.3, 0.4) is 0 Å². The molecule has 2 fully saturated rings. The number of ether oxygens (including phenoxy) is 1. The third-order valence-corrected chi connectivity index (χ3v) is 7.44. The van der Waals surface area contributed by atoms with E-state index in [1.165, 1.54) is 0 Å². The van der Waals surface area contributed by atoms with Gasteiger partial charge in [-0.3, -0.25) is 4.79 Å². The number of carbonyl (C=O) groups excluding carboxylic acids is 2. The van der Waals surface area contributed by atoms with E-state index in [0.29, 0.717) is 24.2 Å². The number of esters is 1. The van der Waals surface area contributed by atoms with Crippen LogP contribution in [0.5, 0.6) is 0 Å². The molecule has 29 heavy (non-hydrogen) atoms. The molecule has 2 aliphatic rings. The topological polar surface area (TPSA) is 96.9 Å². The SMILES string of the molecule is CC[C@H](C)N(C(=O)COC(=O)c1cccnc1N1CCCC1)[C@H]1CCS(=O)(=O)C1. The Balaban J connectivity index is 1.68. The zero-order chi connectivity index (χ0) is 21.0. The quantitative estimate of drug-likeness (QED) is 0.615. The van der Waals surface area contributed by atoms with E-state index in [4.69, 9.17) is 4.74 Å². The number of carbonyl (C=O) groups is 2. The lowest BCUT2D eigenvalue weighted by Gasteiger charge is -2.33. The van der Waals surface area contributed by atoms with Gasteiger partial charge in [0.25, 0.3) is 5.91 Å². The second-order valence-corrected chi connectivity index (χ2v) is 9.99. The van der Waals surface area contributed by atoms with Gasteiger partial charge in [-0.15, -0.1) is 0 Å². The summed E-state index contributed by atoms with van der Waals surface area (Å²) >= 11 is 0. The number of pyridine rings is 1. The van der Waals surface area contributed by atoms with E-state index in [2.05, 4.69) is 4.98 Å². The van der Waals surface area contributed by atoms with Crippen LogP contribution in [0, 0.1) is 0 Å². The summed E-state index contributed by atoms with van der Waals surface area (Å²) in [6, 6.07) is 2.84. The standard InChI is InChI=1S/C20H29N3O5S/c1-3-15(2)23(16-8-12-29(26,27)14-16)18(24)13-28-20(25)17-7-6-9-21-19(17)22-10-4-5-11-22/h6-7,9,15-16H,3-5,8,10-14H2,1-2H3/t15-,16-/m0/s1. The molecule has 1 aromatic rings. The molecule has 2 atom stereocenters. The molecule has 0 bridgehead atoms. The fourth-order valence-electron chi connectivity index (χ4n) is 4.02. The van der Waals surface area contributed by atoms with Crippen molar-refractivity contribution in [3.8, 4) is 0 Å². The lowest BCUT2D eigenvalue weighted by molar-refractivity contribution is -0.138. The minimum absolute atomic E-state index is 0.0290. The molecule has 3 heterocycles. The molecule has 0 aromatic carbocycles. The first-order valence-corrected chi connectivity index (χ1v) is 12.0. The minimum atomic E-state index is -3.12. The molecule has 0 N–H and O–H groups in total. The van der Waals surface area contributed by atoms with Crippen molar-refractivity contribution in [3.63, 3.8) is 0 Å². The second kappa shape index (κ2) is 9.11. The summed E-state index contributed by atoms with van der Waals surface area (Å²) in [6.45, 7) is 5.10. The van der Waals surface area contributed by atoms with E-state index in [9.17, 15) is 18.0 Å². The molecule has 9 heteroatoms. The van der Waals surface area contributed by atoms with Crippen LogP contribution in [-0.4, -0.2) is 73.5 Å². The molecule has 1 aromatic heterocycles. The van der Waals surface area contributed by atoms with Crippen molar-refractivity contribution in [2.75, 3.05) is 36.1 Å². The van der Waals surface area contributed by atoms with Gasteiger partial charge < -0.3 is 14.5 Å². The number of sulfone groups is 1. The summed E-state index contributed by atoms with van der Waals surface area (Å²) in [6.07, 6.45) is 4.86. The van der Waals surface area contributed by atoms with Crippen LogP contribution >= 0.6 is 0 Å². The number of rotatable bonds is 7. The van der Waals surface area contributed by atoms with Gasteiger partial charge in [0.2, 0.25) is 0 Å². The largest absolute Gasteiger partial charge is 0.452 e. The molecule has 0 radical (unpaired) electrons. The lowest BCUT2D eigenvalue weighted by atomic mass is 10.1. The number of amides is 1. The Hall–Kier alpha value is -2.16. The van der Waals surface area contributed by atoms with Crippen LogP contribution in [0.4, 0.5) is 5.82 Å². The Morgan fingerprint density at radius 1 is 1.34 bits per heavy atom. The van der Waals surface area contributed by atoms with Gasteiger partial charge in [-0.2, -0.15) is 0 Å². The van der Waals surface area contributed by atoms with Crippen molar-refractivity contribution in [2.24, 2.45) is 0 Å². The fraction of sp³-hybridized carbons (Fsp3) is 0.650. The van der Waals surface area contributed by atoms with Gasteiger partial charge in [-0.1, -0.05) is 6.92 Å². The van der Waals surface area contributed by atoms with Crippen molar-refractivity contribution < 1.29 is 22.7 Å². The fourth-order valence-corrected chi connectivity index (χ4v) is 5.73. The van der Waals surface area contributed by atoms with Gasteiger partial charge in [-0.05, 0) is 44.7 Å². The number of anilines is 1. The van der Waals surface area contributed by atoms with Crippen LogP contribution in [0.1, 0.15) is 49.9 Å². The lowest BCUT2D eigenvalue weighted by Crippen LogP contribution is -2.48. The Bertz CT molecular complexity index is 851. The number of aromatic nitrogens is 1. The Kier molecular flexibility index (Phi) is 6.77. The Morgan fingerprint density at radius 3 is 2.69 bits per heavy atom. The summed E-state index contributed by atoms with van der Waals surface area (Å²) in [5.74, 6) is -0.299. The monoisotopic (exact) mass is 423 g/mol. The predicted octanol–water partition coefficient (Wildman–Crippen LogP) is 1.65. The minimum Gasteiger partial charge on any atom is -0.452 e. The second-order valence-electron chi connectivity index (χ2n) is 7.76. The molecule has 0 spiro atoms. The average Bonchev–Trinajstić information content (AvgIpc) is 3.36. The van der Waals surface area contributed by atoms with Crippen LogP contribution < -0.4 is 4.90 Å².